The van der Waals surface area contributed by atoms with Gasteiger partial charge in [-0.25, -0.2) is 4.79 Å². The number of carbonyl (C=O) groups excluding carboxylic acids is 1. The molecule has 124 valence electrons. The maximum absolute atomic E-state index is 11.7. The van der Waals surface area contributed by atoms with Crippen molar-refractivity contribution in [3.05, 3.63) is 0 Å². The zero-order chi connectivity index (χ0) is 15.9. The van der Waals surface area contributed by atoms with Crippen molar-refractivity contribution in [1.82, 2.24) is 10.6 Å². The normalized spacial score (nSPS) is 24.4. The summed E-state index contributed by atoms with van der Waals surface area (Å²) in [5.41, 5.74) is -0.459. The van der Waals surface area contributed by atoms with E-state index in [9.17, 15) is 9.00 Å². The maximum atomic E-state index is 11.7. The molecule has 2 N–H and O–H groups in total. The fourth-order valence-electron chi connectivity index (χ4n) is 2.64. The third-order valence-electron chi connectivity index (χ3n) is 3.61. The van der Waals surface area contributed by atoms with Crippen molar-refractivity contribution in [2.45, 2.75) is 58.1 Å². The predicted octanol–water partition coefficient (Wildman–Crippen LogP) is 2.04. The van der Waals surface area contributed by atoms with Crippen molar-refractivity contribution in [3.8, 4) is 0 Å². The van der Waals surface area contributed by atoms with E-state index in [2.05, 4.69) is 10.6 Å². The molecule has 1 aliphatic carbocycles. The number of alkyl carbamates (subject to hydrolysis) is 1. The first-order chi connectivity index (χ1) is 9.78. The molecule has 0 aromatic rings. The quantitative estimate of drug-likeness (QED) is 0.786. The highest BCUT2D eigenvalue weighted by molar-refractivity contribution is 7.84. The molecule has 0 saturated heterocycles. The van der Waals surface area contributed by atoms with E-state index in [0.29, 0.717) is 24.3 Å². The fourth-order valence-corrected chi connectivity index (χ4v) is 3.04. The van der Waals surface area contributed by atoms with Crippen LogP contribution in [-0.2, 0) is 15.5 Å². The summed E-state index contributed by atoms with van der Waals surface area (Å²) in [6.07, 6.45) is 6.04. The van der Waals surface area contributed by atoms with Gasteiger partial charge in [0.2, 0.25) is 0 Å². The van der Waals surface area contributed by atoms with Gasteiger partial charge < -0.3 is 15.4 Å². The molecule has 0 heterocycles. The summed E-state index contributed by atoms with van der Waals surface area (Å²) in [7, 11) is -0.756. The Hall–Kier alpha value is -0.620. The molecular weight excluding hydrogens is 288 g/mol. The Kier molecular flexibility index (Phi) is 7.66. The van der Waals surface area contributed by atoms with Crippen LogP contribution in [0.1, 0.15) is 46.5 Å². The molecule has 0 aromatic carbocycles. The van der Waals surface area contributed by atoms with Gasteiger partial charge in [-0.2, -0.15) is 0 Å². The van der Waals surface area contributed by atoms with Crippen LogP contribution in [0, 0.1) is 5.92 Å². The van der Waals surface area contributed by atoms with Gasteiger partial charge in [0.25, 0.3) is 0 Å². The van der Waals surface area contributed by atoms with E-state index in [1.807, 2.05) is 20.8 Å². The first-order valence-electron chi connectivity index (χ1n) is 7.78. The van der Waals surface area contributed by atoms with E-state index in [0.717, 1.165) is 19.4 Å². The van der Waals surface area contributed by atoms with E-state index in [1.165, 1.54) is 12.8 Å². The fraction of sp³-hybridized carbons (Fsp3) is 0.933. The van der Waals surface area contributed by atoms with Gasteiger partial charge in [0.05, 0.1) is 0 Å². The van der Waals surface area contributed by atoms with Gasteiger partial charge in [-0.3, -0.25) is 4.21 Å². The number of amides is 1. The van der Waals surface area contributed by atoms with Crippen LogP contribution < -0.4 is 10.6 Å². The Bertz CT molecular complexity index is 355. The molecular formula is C15H30N2O3S. The molecule has 1 aliphatic rings. The van der Waals surface area contributed by atoms with Crippen molar-refractivity contribution in [2.75, 3.05) is 25.1 Å². The smallest absolute Gasteiger partial charge is 0.407 e. The molecule has 1 fully saturated rings. The van der Waals surface area contributed by atoms with Crippen LogP contribution in [0.2, 0.25) is 0 Å². The van der Waals surface area contributed by atoms with Gasteiger partial charge >= 0.3 is 6.09 Å². The summed E-state index contributed by atoms with van der Waals surface area (Å²) in [6.45, 7) is 7.01. The third kappa shape index (κ3) is 8.41. The minimum absolute atomic E-state index is 0.346. The summed E-state index contributed by atoms with van der Waals surface area (Å²) >= 11 is 0. The van der Waals surface area contributed by atoms with Gasteiger partial charge in [-0.05, 0) is 39.5 Å². The van der Waals surface area contributed by atoms with Crippen molar-refractivity contribution in [3.63, 3.8) is 0 Å². The highest BCUT2D eigenvalue weighted by atomic mass is 32.2. The van der Waals surface area contributed by atoms with Crippen LogP contribution in [-0.4, -0.2) is 47.0 Å². The molecule has 0 radical (unpaired) electrons. The van der Waals surface area contributed by atoms with Crippen molar-refractivity contribution >= 4 is 16.9 Å². The Morgan fingerprint density at radius 3 is 2.57 bits per heavy atom. The molecule has 3 unspecified atom stereocenters. The molecule has 1 saturated carbocycles. The van der Waals surface area contributed by atoms with Crippen LogP contribution in [0.4, 0.5) is 4.79 Å². The topological polar surface area (TPSA) is 67.4 Å². The van der Waals surface area contributed by atoms with E-state index in [1.54, 1.807) is 6.26 Å². The van der Waals surface area contributed by atoms with Crippen molar-refractivity contribution in [1.29, 1.82) is 0 Å². The van der Waals surface area contributed by atoms with Crippen molar-refractivity contribution < 1.29 is 13.7 Å². The van der Waals surface area contributed by atoms with E-state index < -0.39 is 16.4 Å². The second-order valence-corrected chi connectivity index (χ2v) is 8.32. The van der Waals surface area contributed by atoms with Gasteiger partial charge in [0.1, 0.15) is 5.60 Å². The summed E-state index contributed by atoms with van der Waals surface area (Å²) in [6, 6.07) is 0.400. The standard InChI is InChI=1S/C15H30N2O3S/c1-15(2,3)20-14(18)17-11-12-7-5-6-8-13(12)16-9-10-21(4)19/h12-13,16H,5-11H2,1-4H3,(H,17,18). The van der Waals surface area contributed by atoms with Crippen LogP contribution in [0.25, 0.3) is 0 Å². The SMILES string of the molecule is CS(=O)CCNC1CCCCC1CNC(=O)OC(C)(C)C. The van der Waals surface area contributed by atoms with E-state index >= 15 is 0 Å². The van der Waals surface area contributed by atoms with Gasteiger partial charge in [0, 0.05) is 41.9 Å². The lowest BCUT2D eigenvalue weighted by Crippen LogP contribution is -2.45. The lowest BCUT2D eigenvalue weighted by atomic mass is 9.84. The molecule has 0 aliphatic heterocycles. The van der Waals surface area contributed by atoms with Gasteiger partial charge in [-0.1, -0.05) is 12.8 Å². The predicted molar refractivity (Wildman–Crippen MR) is 86.9 cm³/mol. The Morgan fingerprint density at radius 1 is 1.29 bits per heavy atom. The minimum atomic E-state index is -0.756. The summed E-state index contributed by atoms with van der Waals surface area (Å²) < 4.78 is 16.4. The zero-order valence-corrected chi connectivity index (χ0v) is 14.6. The Balaban J connectivity index is 2.35. The number of carbonyl (C=O) groups is 1. The van der Waals surface area contributed by atoms with E-state index in [-0.39, 0.29) is 6.09 Å². The number of rotatable bonds is 6. The highest BCUT2D eigenvalue weighted by Crippen LogP contribution is 2.24. The lowest BCUT2D eigenvalue weighted by molar-refractivity contribution is 0.0511. The summed E-state index contributed by atoms with van der Waals surface area (Å²) in [4.78, 5) is 11.7. The number of hydrogen-bond donors (Lipinski definition) is 2. The molecule has 0 bridgehead atoms. The second-order valence-electron chi connectivity index (χ2n) is 6.77. The highest BCUT2D eigenvalue weighted by Gasteiger charge is 2.25. The molecule has 3 atom stereocenters. The molecule has 21 heavy (non-hydrogen) atoms. The average molecular weight is 318 g/mol. The van der Waals surface area contributed by atoms with Gasteiger partial charge in [0.15, 0.2) is 0 Å². The third-order valence-corrected chi connectivity index (χ3v) is 4.39. The van der Waals surface area contributed by atoms with Gasteiger partial charge in [-0.15, -0.1) is 0 Å². The van der Waals surface area contributed by atoms with E-state index in [4.69, 9.17) is 4.74 Å². The van der Waals surface area contributed by atoms with Crippen LogP contribution >= 0.6 is 0 Å². The molecule has 0 aromatic heterocycles. The largest absolute Gasteiger partial charge is 0.444 e. The first kappa shape index (κ1) is 18.4. The zero-order valence-electron chi connectivity index (χ0n) is 13.7. The molecule has 6 heteroatoms. The molecule has 1 amide bonds. The average Bonchev–Trinajstić information content (AvgIpc) is 2.35. The Labute approximate surface area is 131 Å². The Morgan fingerprint density at radius 2 is 1.95 bits per heavy atom. The summed E-state index contributed by atoms with van der Waals surface area (Å²) in [5, 5.41) is 6.37. The number of ether oxygens (including phenoxy) is 1. The number of hydrogen-bond acceptors (Lipinski definition) is 4. The van der Waals surface area contributed by atoms with Crippen LogP contribution in [0.3, 0.4) is 0 Å². The number of nitrogens with one attached hydrogen (secondary N) is 2. The van der Waals surface area contributed by atoms with Crippen LogP contribution in [0.5, 0.6) is 0 Å². The summed E-state index contributed by atoms with van der Waals surface area (Å²) in [5.74, 6) is 1.11. The minimum Gasteiger partial charge on any atom is -0.444 e. The first-order valence-corrected chi connectivity index (χ1v) is 9.51. The molecule has 1 rings (SSSR count). The molecule has 5 nitrogen and oxygen atoms in total. The van der Waals surface area contributed by atoms with Crippen molar-refractivity contribution in [2.24, 2.45) is 5.92 Å². The maximum Gasteiger partial charge on any atom is 0.407 e. The monoisotopic (exact) mass is 318 g/mol. The van der Waals surface area contributed by atoms with Crippen LogP contribution in [0.15, 0.2) is 0 Å². The second kappa shape index (κ2) is 8.73. The molecule has 0 spiro atoms. The lowest BCUT2D eigenvalue weighted by Gasteiger charge is -2.32.